The fraction of sp³-hybridized carbons (Fsp3) is 0.182. The zero-order valence-electron chi connectivity index (χ0n) is 8.71. The van der Waals surface area contributed by atoms with Crippen molar-refractivity contribution in [3.05, 3.63) is 36.2 Å². The normalized spacial score (nSPS) is 10.9. The zero-order valence-corrected chi connectivity index (χ0v) is 8.71. The first-order valence-electron chi connectivity index (χ1n) is 4.68. The van der Waals surface area contributed by atoms with Crippen LogP contribution in [0.1, 0.15) is 12.6 Å². The van der Waals surface area contributed by atoms with Gasteiger partial charge in [0.25, 0.3) is 5.78 Å². The third-order valence-corrected chi connectivity index (χ3v) is 1.67. The van der Waals surface area contributed by atoms with Gasteiger partial charge in [-0.1, -0.05) is 6.07 Å². The molecule has 0 aliphatic carbocycles. The van der Waals surface area contributed by atoms with Gasteiger partial charge in [-0.3, -0.25) is 9.78 Å². The van der Waals surface area contributed by atoms with Crippen LogP contribution in [0, 0.1) is 0 Å². The first-order chi connectivity index (χ1) is 7.65. The fourth-order valence-electron chi connectivity index (χ4n) is 0.974. The monoisotopic (exact) mass is 221 g/mol. The smallest absolute Gasteiger partial charge is 0.379 e. The van der Waals surface area contributed by atoms with Gasteiger partial charge < -0.3 is 9.84 Å². The van der Waals surface area contributed by atoms with Gasteiger partial charge in [0.05, 0.1) is 6.61 Å². The van der Waals surface area contributed by atoms with Crippen molar-refractivity contribution in [3.63, 3.8) is 0 Å². The summed E-state index contributed by atoms with van der Waals surface area (Å²) in [6.07, 6.45) is 2.26. The van der Waals surface area contributed by atoms with Crippen LogP contribution in [-0.2, 0) is 14.3 Å². The summed E-state index contributed by atoms with van der Waals surface area (Å²) in [6, 6.07) is 4.84. The van der Waals surface area contributed by atoms with Gasteiger partial charge in [0.1, 0.15) is 11.5 Å². The standard InChI is InChI=1S/C11H11NO4/c1-2-16-11(15)10(14)7-9(13)8-5-3-4-6-12-8/h3-7,13H,2H2,1H3. The molecule has 0 atom stereocenters. The van der Waals surface area contributed by atoms with Crippen LogP contribution in [0.15, 0.2) is 30.5 Å². The van der Waals surface area contributed by atoms with E-state index in [0.717, 1.165) is 6.08 Å². The zero-order chi connectivity index (χ0) is 12.0. The van der Waals surface area contributed by atoms with Gasteiger partial charge in [-0.2, -0.15) is 0 Å². The Morgan fingerprint density at radius 1 is 1.50 bits per heavy atom. The van der Waals surface area contributed by atoms with E-state index in [1.165, 1.54) is 12.3 Å². The molecule has 0 aliphatic rings. The van der Waals surface area contributed by atoms with Crippen molar-refractivity contribution in [1.29, 1.82) is 0 Å². The van der Waals surface area contributed by atoms with Gasteiger partial charge in [0.15, 0.2) is 0 Å². The molecule has 0 saturated heterocycles. The molecule has 1 N–H and O–H groups in total. The van der Waals surface area contributed by atoms with Crippen LogP contribution in [0.5, 0.6) is 0 Å². The van der Waals surface area contributed by atoms with Crippen molar-refractivity contribution < 1.29 is 19.4 Å². The Hall–Kier alpha value is -2.17. The number of carbonyl (C=O) groups is 2. The second kappa shape index (κ2) is 5.65. The van der Waals surface area contributed by atoms with Crippen molar-refractivity contribution in [2.75, 3.05) is 6.61 Å². The van der Waals surface area contributed by atoms with E-state index in [1.807, 2.05) is 0 Å². The number of hydrogen-bond acceptors (Lipinski definition) is 5. The van der Waals surface area contributed by atoms with Crippen LogP contribution >= 0.6 is 0 Å². The van der Waals surface area contributed by atoms with Crippen LogP contribution in [0.4, 0.5) is 0 Å². The summed E-state index contributed by atoms with van der Waals surface area (Å²) in [6.45, 7) is 1.70. The second-order valence-electron chi connectivity index (χ2n) is 2.83. The Morgan fingerprint density at radius 3 is 2.81 bits per heavy atom. The van der Waals surface area contributed by atoms with Gasteiger partial charge in [0, 0.05) is 12.3 Å². The van der Waals surface area contributed by atoms with Crippen molar-refractivity contribution in [3.8, 4) is 0 Å². The van der Waals surface area contributed by atoms with E-state index < -0.39 is 11.8 Å². The van der Waals surface area contributed by atoms with E-state index in [2.05, 4.69) is 9.72 Å². The lowest BCUT2D eigenvalue weighted by Crippen LogP contribution is -2.15. The lowest BCUT2D eigenvalue weighted by atomic mass is 10.2. The molecular weight excluding hydrogens is 210 g/mol. The molecule has 5 nitrogen and oxygen atoms in total. The number of carbonyl (C=O) groups excluding carboxylic acids is 2. The Kier molecular flexibility index (Phi) is 4.20. The van der Waals surface area contributed by atoms with Gasteiger partial charge >= 0.3 is 5.97 Å². The number of aromatic nitrogens is 1. The largest absolute Gasteiger partial charge is 0.506 e. The molecule has 0 radical (unpaired) electrons. The average molecular weight is 221 g/mol. The second-order valence-corrected chi connectivity index (χ2v) is 2.83. The fourth-order valence-corrected chi connectivity index (χ4v) is 0.974. The topological polar surface area (TPSA) is 76.5 Å². The summed E-state index contributed by atoms with van der Waals surface area (Å²) in [5.74, 6) is -2.27. The van der Waals surface area contributed by atoms with E-state index in [0.29, 0.717) is 0 Å². The van der Waals surface area contributed by atoms with Crippen LogP contribution in [0.25, 0.3) is 5.76 Å². The molecule has 0 saturated carbocycles. The molecular formula is C11H11NO4. The highest BCUT2D eigenvalue weighted by molar-refractivity contribution is 6.39. The number of hydrogen-bond donors (Lipinski definition) is 1. The predicted molar refractivity (Wildman–Crippen MR) is 56.5 cm³/mol. The molecule has 5 heteroatoms. The van der Waals surface area contributed by atoms with E-state index in [9.17, 15) is 14.7 Å². The van der Waals surface area contributed by atoms with Gasteiger partial charge in [-0.15, -0.1) is 0 Å². The Balaban J connectivity index is 2.78. The number of aliphatic hydroxyl groups excluding tert-OH is 1. The van der Waals surface area contributed by atoms with Gasteiger partial charge in [-0.05, 0) is 19.1 Å². The minimum Gasteiger partial charge on any atom is -0.506 e. The summed E-state index contributed by atoms with van der Waals surface area (Å²) >= 11 is 0. The summed E-state index contributed by atoms with van der Waals surface area (Å²) in [7, 11) is 0. The Labute approximate surface area is 92.4 Å². The molecule has 1 aromatic rings. The summed E-state index contributed by atoms with van der Waals surface area (Å²) in [5.41, 5.74) is 0.222. The Morgan fingerprint density at radius 2 is 2.25 bits per heavy atom. The number of rotatable bonds is 4. The molecule has 0 aliphatic heterocycles. The van der Waals surface area contributed by atoms with E-state index in [1.54, 1.807) is 19.1 Å². The first-order valence-corrected chi connectivity index (χ1v) is 4.68. The van der Waals surface area contributed by atoms with Crippen molar-refractivity contribution in [2.45, 2.75) is 6.92 Å². The lowest BCUT2D eigenvalue weighted by molar-refractivity contribution is -0.151. The molecule has 0 spiro atoms. The lowest BCUT2D eigenvalue weighted by Gasteiger charge is -1.99. The third kappa shape index (κ3) is 3.20. The van der Waals surface area contributed by atoms with Gasteiger partial charge in [-0.25, -0.2) is 4.79 Å². The van der Waals surface area contributed by atoms with Crippen molar-refractivity contribution >= 4 is 17.5 Å². The maximum absolute atomic E-state index is 11.2. The van der Waals surface area contributed by atoms with Crippen molar-refractivity contribution in [1.82, 2.24) is 4.98 Å². The third-order valence-electron chi connectivity index (χ3n) is 1.67. The maximum atomic E-state index is 11.2. The number of nitrogens with zero attached hydrogens (tertiary/aromatic N) is 1. The molecule has 1 aromatic heterocycles. The molecule has 1 heterocycles. The molecule has 1 rings (SSSR count). The number of esters is 1. The summed E-state index contributed by atoms with van der Waals surface area (Å²) in [5, 5.41) is 9.48. The average Bonchev–Trinajstić information content (AvgIpc) is 2.30. The molecule has 0 fully saturated rings. The number of aliphatic hydroxyl groups is 1. The minimum absolute atomic E-state index is 0.114. The van der Waals surface area contributed by atoms with Crippen LogP contribution in [0.2, 0.25) is 0 Å². The SMILES string of the molecule is CCOC(=O)C(=O)C=C(O)c1ccccn1. The van der Waals surface area contributed by atoms with Crippen molar-refractivity contribution in [2.24, 2.45) is 0 Å². The van der Waals surface area contributed by atoms with E-state index >= 15 is 0 Å². The molecule has 0 amide bonds. The molecule has 0 bridgehead atoms. The highest BCUT2D eigenvalue weighted by Crippen LogP contribution is 2.06. The molecule has 16 heavy (non-hydrogen) atoms. The van der Waals surface area contributed by atoms with Crippen LogP contribution in [0.3, 0.4) is 0 Å². The summed E-state index contributed by atoms with van der Waals surface area (Å²) < 4.78 is 4.48. The molecule has 0 aromatic carbocycles. The van der Waals surface area contributed by atoms with E-state index in [-0.39, 0.29) is 18.1 Å². The first kappa shape index (κ1) is 11.9. The van der Waals surface area contributed by atoms with Crippen LogP contribution in [-0.4, -0.2) is 28.4 Å². The maximum Gasteiger partial charge on any atom is 0.379 e. The number of pyridine rings is 1. The number of ether oxygens (including phenoxy) is 1. The van der Waals surface area contributed by atoms with Gasteiger partial charge in [0.2, 0.25) is 0 Å². The highest BCUT2D eigenvalue weighted by atomic mass is 16.5. The predicted octanol–water partition coefficient (Wildman–Crippen LogP) is 1.11. The number of ketones is 1. The Bertz CT molecular complexity index is 411. The summed E-state index contributed by atoms with van der Waals surface area (Å²) in [4.78, 5) is 26.0. The van der Waals surface area contributed by atoms with Crippen LogP contribution < -0.4 is 0 Å². The van der Waals surface area contributed by atoms with E-state index in [4.69, 9.17) is 0 Å². The highest BCUT2D eigenvalue weighted by Gasteiger charge is 2.13. The molecule has 0 unspecified atom stereocenters. The quantitative estimate of drug-likeness (QED) is 0.356. The molecule has 84 valence electrons. The minimum atomic E-state index is -0.995.